The molecule has 0 radical (unpaired) electrons. The normalized spacial score (nSPS) is 18.8. The lowest BCUT2D eigenvalue weighted by molar-refractivity contribution is 0.135. The minimum Gasteiger partial charge on any atom is -0.465 e. The van der Waals surface area contributed by atoms with E-state index in [1.807, 2.05) is 11.0 Å². The van der Waals surface area contributed by atoms with Crippen LogP contribution in [0.2, 0.25) is 5.02 Å². The molecule has 1 saturated carbocycles. The summed E-state index contributed by atoms with van der Waals surface area (Å²) in [5.74, 6) is 0.546. The SMILES string of the molecule is N#Cc1cc(Nc2nc(NC3CC3)c3ncc(C#N)n3n2)c(Cl)c(N2CC[C@H](NC(=O)O)[C@H](NCC(F)F)C2)c1. The maximum absolute atomic E-state index is 12.9. The minimum absolute atomic E-state index is 0.105. The van der Waals surface area contributed by atoms with Crippen LogP contribution in [0.1, 0.15) is 30.5 Å². The summed E-state index contributed by atoms with van der Waals surface area (Å²) in [5, 5.41) is 44.4. The van der Waals surface area contributed by atoms with Crippen molar-refractivity contribution in [3.63, 3.8) is 0 Å². The number of nitrogens with one attached hydrogen (secondary N) is 4. The van der Waals surface area contributed by atoms with Crippen molar-refractivity contribution in [2.24, 2.45) is 0 Å². The molecule has 5 N–H and O–H groups in total. The Morgan fingerprint density at radius 1 is 1.23 bits per heavy atom. The summed E-state index contributed by atoms with van der Waals surface area (Å²) in [5.41, 5.74) is 1.64. The van der Waals surface area contributed by atoms with Crippen molar-refractivity contribution in [3.05, 3.63) is 34.6 Å². The van der Waals surface area contributed by atoms with E-state index in [4.69, 9.17) is 11.6 Å². The smallest absolute Gasteiger partial charge is 0.404 e. The molecule has 1 aliphatic heterocycles. The summed E-state index contributed by atoms with van der Waals surface area (Å²) >= 11 is 6.80. The Kier molecular flexibility index (Phi) is 7.68. The summed E-state index contributed by atoms with van der Waals surface area (Å²) < 4.78 is 27.2. The van der Waals surface area contributed by atoms with Crippen LogP contribution in [0.25, 0.3) is 5.65 Å². The fourth-order valence-electron chi connectivity index (χ4n) is 4.59. The van der Waals surface area contributed by atoms with Gasteiger partial charge >= 0.3 is 6.09 Å². The van der Waals surface area contributed by atoms with Crippen molar-refractivity contribution in [3.8, 4) is 12.1 Å². The first-order valence-corrected chi connectivity index (χ1v) is 12.8. The highest BCUT2D eigenvalue weighted by molar-refractivity contribution is 6.36. The lowest BCUT2D eigenvalue weighted by atomic mass is 9.98. The quantitative estimate of drug-likeness (QED) is 0.255. The number of amides is 1. The van der Waals surface area contributed by atoms with Gasteiger partial charge in [-0.3, -0.25) is 0 Å². The van der Waals surface area contributed by atoms with Crippen LogP contribution >= 0.6 is 11.6 Å². The van der Waals surface area contributed by atoms with Gasteiger partial charge in [0.15, 0.2) is 17.2 Å². The van der Waals surface area contributed by atoms with E-state index in [-0.39, 0.29) is 34.8 Å². The fraction of sp³-hybridized carbons (Fsp3) is 0.417. The van der Waals surface area contributed by atoms with E-state index in [2.05, 4.69) is 42.4 Å². The van der Waals surface area contributed by atoms with Gasteiger partial charge in [-0.1, -0.05) is 11.6 Å². The second-order valence-corrected chi connectivity index (χ2v) is 9.86. The number of fused-ring (bicyclic) bond motifs is 1. The first-order chi connectivity index (χ1) is 19.2. The number of rotatable bonds is 9. The number of hydrogen-bond donors (Lipinski definition) is 5. The van der Waals surface area contributed by atoms with Gasteiger partial charge in [0, 0.05) is 25.2 Å². The molecule has 2 aliphatic rings. The lowest BCUT2D eigenvalue weighted by Crippen LogP contribution is -2.60. The highest BCUT2D eigenvalue weighted by atomic mass is 35.5. The van der Waals surface area contributed by atoms with Gasteiger partial charge in [0.05, 0.1) is 46.8 Å². The number of benzene rings is 1. The van der Waals surface area contributed by atoms with Crippen LogP contribution in [0, 0.1) is 22.7 Å². The van der Waals surface area contributed by atoms with Crippen LogP contribution < -0.4 is 26.2 Å². The second kappa shape index (κ2) is 11.3. The van der Waals surface area contributed by atoms with Crippen LogP contribution in [0.4, 0.5) is 36.7 Å². The molecule has 3 aromatic rings. The standard InChI is InChI=1S/C24H24ClF2N11O2/c25-20-16(33-23-35-21(32-13-1-2-13)22-31-9-14(8-29)38(22)36-23)5-12(7-28)6-18(20)37-4-3-15(34-24(39)40)17(11-37)30-10-19(26)27/h5-6,9,13,15,17,19,30,34H,1-4,10-11H2,(H,39,40)(H2,32,33,35,36)/t15-,17+/m0/s1. The summed E-state index contributed by atoms with van der Waals surface area (Å²) in [6.45, 7) is -0.0976. The topological polar surface area (TPSA) is 179 Å². The maximum Gasteiger partial charge on any atom is 0.404 e. The highest BCUT2D eigenvalue weighted by Gasteiger charge is 2.32. The molecule has 2 atom stereocenters. The number of halogens is 3. The third-order valence-electron chi connectivity index (χ3n) is 6.62. The number of aromatic nitrogens is 4. The summed E-state index contributed by atoms with van der Waals surface area (Å²) in [7, 11) is 0. The molecule has 40 heavy (non-hydrogen) atoms. The van der Waals surface area contributed by atoms with Gasteiger partial charge in [-0.15, -0.1) is 5.10 Å². The van der Waals surface area contributed by atoms with Crippen LogP contribution in [-0.4, -0.2) is 75.0 Å². The van der Waals surface area contributed by atoms with Crippen molar-refractivity contribution in [2.75, 3.05) is 35.2 Å². The molecule has 16 heteroatoms. The van der Waals surface area contributed by atoms with E-state index >= 15 is 0 Å². The second-order valence-electron chi connectivity index (χ2n) is 9.48. The molecule has 1 aromatic carbocycles. The largest absolute Gasteiger partial charge is 0.465 e. The minimum atomic E-state index is -2.61. The zero-order chi connectivity index (χ0) is 28.4. The van der Waals surface area contributed by atoms with Gasteiger partial charge < -0.3 is 31.3 Å². The van der Waals surface area contributed by atoms with Crippen LogP contribution in [0.3, 0.4) is 0 Å². The molecule has 0 spiro atoms. The first-order valence-electron chi connectivity index (χ1n) is 12.4. The molecular formula is C24H24ClF2N11O2. The number of imidazole rings is 1. The fourth-order valence-corrected chi connectivity index (χ4v) is 4.87. The van der Waals surface area contributed by atoms with Gasteiger partial charge in [0.2, 0.25) is 5.95 Å². The number of carbonyl (C=O) groups is 1. The molecule has 208 valence electrons. The van der Waals surface area contributed by atoms with Crippen LogP contribution in [0.5, 0.6) is 0 Å². The van der Waals surface area contributed by atoms with E-state index in [9.17, 15) is 29.2 Å². The Morgan fingerprint density at radius 3 is 2.70 bits per heavy atom. The number of alkyl halides is 2. The van der Waals surface area contributed by atoms with Crippen LogP contribution in [-0.2, 0) is 0 Å². The van der Waals surface area contributed by atoms with E-state index in [0.717, 1.165) is 12.8 Å². The van der Waals surface area contributed by atoms with Crippen molar-refractivity contribution in [2.45, 2.75) is 43.8 Å². The van der Waals surface area contributed by atoms with Gasteiger partial charge in [-0.2, -0.15) is 20.0 Å². The maximum atomic E-state index is 12.9. The summed E-state index contributed by atoms with van der Waals surface area (Å²) in [6.07, 6.45) is -0.184. The number of nitriles is 2. The van der Waals surface area contributed by atoms with E-state index < -0.39 is 31.1 Å². The molecular weight excluding hydrogens is 548 g/mol. The lowest BCUT2D eigenvalue weighted by Gasteiger charge is -2.40. The molecule has 2 aromatic heterocycles. The predicted octanol–water partition coefficient (Wildman–Crippen LogP) is 2.91. The molecule has 1 saturated heterocycles. The first kappa shape index (κ1) is 27.1. The predicted molar refractivity (Wildman–Crippen MR) is 141 cm³/mol. The zero-order valence-electron chi connectivity index (χ0n) is 20.9. The molecule has 2 fully saturated rings. The number of nitrogens with zero attached hydrogens (tertiary/aromatic N) is 7. The average molecular weight is 572 g/mol. The van der Waals surface area contributed by atoms with E-state index in [1.54, 1.807) is 6.07 Å². The Balaban J connectivity index is 1.46. The number of hydrogen-bond acceptors (Lipinski definition) is 10. The van der Waals surface area contributed by atoms with Crippen molar-refractivity contribution >= 4 is 46.5 Å². The monoisotopic (exact) mass is 571 g/mol. The Morgan fingerprint density at radius 2 is 2.02 bits per heavy atom. The zero-order valence-corrected chi connectivity index (χ0v) is 21.7. The highest BCUT2D eigenvalue weighted by Crippen LogP contribution is 2.37. The average Bonchev–Trinajstić information content (AvgIpc) is 3.64. The molecule has 1 amide bonds. The molecule has 0 unspecified atom stereocenters. The van der Waals surface area contributed by atoms with E-state index in [1.165, 1.54) is 16.8 Å². The van der Waals surface area contributed by atoms with E-state index in [0.29, 0.717) is 35.8 Å². The van der Waals surface area contributed by atoms with Gasteiger partial charge in [-0.05, 0) is 31.4 Å². The van der Waals surface area contributed by atoms with Gasteiger partial charge in [-0.25, -0.2) is 18.6 Å². The Bertz CT molecular complexity index is 1520. The number of anilines is 4. The molecule has 0 bridgehead atoms. The third kappa shape index (κ3) is 5.90. The molecule has 3 heterocycles. The molecule has 5 rings (SSSR count). The summed E-state index contributed by atoms with van der Waals surface area (Å²) in [6, 6.07) is 6.26. The number of carboxylic acid groups (broad SMARTS) is 1. The Labute approximate surface area is 231 Å². The summed E-state index contributed by atoms with van der Waals surface area (Å²) in [4.78, 5) is 21.8. The van der Waals surface area contributed by atoms with Gasteiger partial charge in [0.1, 0.15) is 6.07 Å². The third-order valence-corrected chi connectivity index (χ3v) is 7.02. The van der Waals surface area contributed by atoms with Crippen LogP contribution in [0.15, 0.2) is 18.3 Å². The molecule has 1 aliphatic carbocycles. The van der Waals surface area contributed by atoms with Crippen molar-refractivity contribution in [1.29, 1.82) is 10.5 Å². The van der Waals surface area contributed by atoms with Crippen molar-refractivity contribution < 1.29 is 18.7 Å². The van der Waals surface area contributed by atoms with Crippen molar-refractivity contribution in [1.82, 2.24) is 30.2 Å². The van der Waals surface area contributed by atoms with Gasteiger partial charge in [0.25, 0.3) is 6.43 Å². The molecule has 13 nitrogen and oxygen atoms in total. The number of piperidine rings is 1. The Hall–Kier alpha value is -4.47.